The summed E-state index contributed by atoms with van der Waals surface area (Å²) < 4.78 is 63.4. The topological polar surface area (TPSA) is 124 Å². The lowest BCUT2D eigenvalue weighted by Gasteiger charge is -2.31. The molecule has 0 radical (unpaired) electrons. The Morgan fingerprint density at radius 2 is 1.75 bits per heavy atom. The standard InChI is InChI=1S/C10H16N2O6S2/c13-19(14,15)9-2-6-1-8-5-12(20(16,17)18)11-10(8)4-7(6)3-9/h5-7,9-11H,1-4H2,(H,13,14,15)(H,16,17,18). The zero-order valence-corrected chi connectivity index (χ0v) is 12.1. The van der Waals surface area contributed by atoms with E-state index >= 15 is 0 Å². The van der Waals surface area contributed by atoms with Crippen LogP contribution in [0, 0.1) is 11.8 Å². The van der Waals surface area contributed by atoms with Crippen LogP contribution in [0.4, 0.5) is 0 Å². The van der Waals surface area contributed by atoms with Crippen LogP contribution >= 0.6 is 0 Å². The fraction of sp³-hybridized carbons (Fsp3) is 0.800. The molecule has 2 fully saturated rings. The highest BCUT2D eigenvalue weighted by Crippen LogP contribution is 2.47. The van der Waals surface area contributed by atoms with Gasteiger partial charge in [0.2, 0.25) is 0 Å². The first-order valence-corrected chi connectivity index (χ1v) is 9.24. The summed E-state index contributed by atoms with van der Waals surface area (Å²) in [6.07, 6.45) is 3.35. The lowest BCUT2D eigenvalue weighted by molar-refractivity contribution is 0.259. The maximum Gasteiger partial charge on any atom is 0.373 e. The Balaban J connectivity index is 1.77. The van der Waals surface area contributed by atoms with Crippen LogP contribution in [0.25, 0.3) is 0 Å². The van der Waals surface area contributed by atoms with Gasteiger partial charge in [0.05, 0.1) is 11.3 Å². The molecule has 0 saturated heterocycles. The zero-order chi connectivity index (χ0) is 14.7. The highest BCUT2D eigenvalue weighted by atomic mass is 32.2. The average molecular weight is 324 g/mol. The van der Waals surface area contributed by atoms with Gasteiger partial charge in [0.1, 0.15) is 0 Å². The van der Waals surface area contributed by atoms with Gasteiger partial charge in [-0.25, -0.2) is 5.43 Å². The van der Waals surface area contributed by atoms with Crippen molar-refractivity contribution in [2.75, 3.05) is 0 Å². The van der Waals surface area contributed by atoms with Gasteiger partial charge in [-0.1, -0.05) is 0 Å². The van der Waals surface area contributed by atoms with E-state index in [-0.39, 0.29) is 17.9 Å². The van der Waals surface area contributed by atoms with Gasteiger partial charge in [0.25, 0.3) is 10.1 Å². The number of nitrogens with zero attached hydrogens (tertiary/aromatic N) is 1. The third kappa shape index (κ3) is 2.46. The minimum Gasteiger partial charge on any atom is -0.285 e. The molecular weight excluding hydrogens is 308 g/mol. The second-order valence-electron chi connectivity index (χ2n) is 5.73. The van der Waals surface area contributed by atoms with Crippen molar-refractivity contribution in [2.45, 2.75) is 37.0 Å². The van der Waals surface area contributed by atoms with Gasteiger partial charge < -0.3 is 0 Å². The van der Waals surface area contributed by atoms with Gasteiger partial charge in [0, 0.05) is 6.20 Å². The summed E-state index contributed by atoms with van der Waals surface area (Å²) in [5, 5.41) is -0.713. The molecule has 20 heavy (non-hydrogen) atoms. The van der Waals surface area contributed by atoms with Gasteiger partial charge >= 0.3 is 10.3 Å². The number of hydrogen-bond donors (Lipinski definition) is 3. The Labute approximate surface area is 117 Å². The summed E-state index contributed by atoms with van der Waals surface area (Å²) in [6.45, 7) is 0. The van der Waals surface area contributed by atoms with Crippen LogP contribution in [0.3, 0.4) is 0 Å². The van der Waals surface area contributed by atoms with E-state index in [0.717, 1.165) is 5.57 Å². The SMILES string of the molecule is O=S(=O)(O)C1CC2CC3=CN(S(=O)(=O)O)NC3CC2C1. The Morgan fingerprint density at radius 1 is 1.10 bits per heavy atom. The Morgan fingerprint density at radius 3 is 2.35 bits per heavy atom. The number of fused-ring (bicyclic) bond motifs is 2. The molecule has 8 nitrogen and oxygen atoms in total. The molecule has 2 aliphatic carbocycles. The minimum atomic E-state index is -4.31. The summed E-state index contributed by atoms with van der Waals surface area (Å²) in [7, 11) is -8.31. The molecular formula is C10H16N2O6S2. The van der Waals surface area contributed by atoms with Crippen molar-refractivity contribution >= 4 is 20.4 Å². The van der Waals surface area contributed by atoms with Crippen LogP contribution in [-0.4, -0.2) is 41.6 Å². The van der Waals surface area contributed by atoms with Crippen molar-refractivity contribution in [1.82, 2.24) is 9.84 Å². The van der Waals surface area contributed by atoms with Crippen molar-refractivity contribution in [1.29, 1.82) is 0 Å². The van der Waals surface area contributed by atoms with Crippen LogP contribution in [0.2, 0.25) is 0 Å². The lowest BCUT2D eigenvalue weighted by Crippen LogP contribution is -2.42. The van der Waals surface area contributed by atoms with E-state index in [1.807, 2.05) is 0 Å². The van der Waals surface area contributed by atoms with Gasteiger partial charge in [-0.15, -0.1) is 0 Å². The number of nitrogens with one attached hydrogen (secondary N) is 1. The van der Waals surface area contributed by atoms with Crippen molar-refractivity contribution < 1.29 is 25.9 Å². The molecule has 3 N–H and O–H groups in total. The first-order chi connectivity index (χ1) is 9.14. The number of rotatable bonds is 2. The van der Waals surface area contributed by atoms with Crippen molar-refractivity contribution in [2.24, 2.45) is 11.8 Å². The molecule has 1 heterocycles. The van der Waals surface area contributed by atoms with E-state index in [4.69, 9.17) is 9.11 Å². The van der Waals surface area contributed by atoms with Crippen LogP contribution in [0.1, 0.15) is 25.7 Å². The highest BCUT2D eigenvalue weighted by molar-refractivity contribution is 7.86. The minimum absolute atomic E-state index is 0.132. The fourth-order valence-electron chi connectivity index (χ4n) is 3.59. The Bertz CT molecular complexity index is 655. The summed E-state index contributed by atoms with van der Waals surface area (Å²) in [5.41, 5.74) is 3.54. The summed E-state index contributed by atoms with van der Waals surface area (Å²) in [5.74, 6) is 0.269. The Kier molecular flexibility index (Phi) is 3.14. The molecule has 114 valence electrons. The van der Waals surface area contributed by atoms with E-state index in [2.05, 4.69) is 5.43 Å². The van der Waals surface area contributed by atoms with E-state index in [9.17, 15) is 16.8 Å². The second kappa shape index (κ2) is 4.41. The molecule has 0 bridgehead atoms. The quantitative estimate of drug-likeness (QED) is 0.608. The maximum absolute atomic E-state index is 11.2. The summed E-state index contributed by atoms with van der Waals surface area (Å²) in [4.78, 5) is 0. The summed E-state index contributed by atoms with van der Waals surface area (Å²) in [6, 6.07) is -0.196. The second-order valence-corrected chi connectivity index (χ2v) is 8.71. The van der Waals surface area contributed by atoms with Crippen LogP contribution in [0.5, 0.6) is 0 Å². The Hall–Kier alpha value is -0.680. The van der Waals surface area contributed by atoms with Crippen LogP contribution in [0.15, 0.2) is 11.8 Å². The lowest BCUT2D eigenvalue weighted by atomic mass is 9.77. The molecule has 0 aromatic rings. The maximum atomic E-state index is 11.2. The van der Waals surface area contributed by atoms with Gasteiger partial charge in [-0.2, -0.15) is 21.2 Å². The van der Waals surface area contributed by atoms with E-state index in [1.165, 1.54) is 6.20 Å². The fourth-order valence-corrected chi connectivity index (χ4v) is 5.10. The number of hydrogen-bond acceptors (Lipinski definition) is 5. The summed E-state index contributed by atoms with van der Waals surface area (Å²) >= 11 is 0. The van der Waals surface area contributed by atoms with Crippen LogP contribution in [-0.2, 0) is 20.4 Å². The predicted molar refractivity (Wildman–Crippen MR) is 69.2 cm³/mol. The molecule has 10 heteroatoms. The molecule has 0 aromatic carbocycles. The third-order valence-electron chi connectivity index (χ3n) is 4.52. The van der Waals surface area contributed by atoms with Gasteiger partial charge in [-0.3, -0.25) is 9.11 Å². The normalized spacial score (nSPS) is 37.5. The predicted octanol–water partition coefficient (Wildman–Crippen LogP) is -0.0617. The number of hydrazine groups is 1. The van der Waals surface area contributed by atoms with Crippen molar-refractivity contribution in [3.8, 4) is 0 Å². The first kappa shape index (κ1) is 14.3. The molecule has 1 aliphatic heterocycles. The largest absolute Gasteiger partial charge is 0.373 e. The molecule has 4 atom stereocenters. The molecule has 2 saturated carbocycles. The monoisotopic (exact) mass is 324 g/mol. The van der Waals surface area contributed by atoms with E-state index in [0.29, 0.717) is 30.1 Å². The smallest absolute Gasteiger partial charge is 0.285 e. The zero-order valence-electron chi connectivity index (χ0n) is 10.5. The molecule has 0 spiro atoms. The highest BCUT2D eigenvalue weighted by Gasteiger charge is 2.46. The van der Waals surface area contributed by atoms with Crippen molar-refractivity contribution in [3.05, 3.63) is 11.8 Å². The molecule has 0 aromatic heterocycles. The van der Waals surface area contributed by atoms with E-state index in [1.54, 1.807) is 0 Å². The average Bonchev–Trinajstić information content (AvgIpc) is 2.85. The van der Waals surface area contributed by atoms with Crippen molar-refractivity contribution in [3.63, 3.8) is 0 Å². The molecule has 4 unspecified atom stereocenters. The van der Waals surface area contributed by atoms with Crippen LogP contribution < -0.4 is 5.43 Å². The van der Waals surface area contributed by atoms with Gasteiger partial charge in [-0.05, 0) is 43.1 Å². The third-order valence-corrected chi connectivity index (χ3v) is 6.45. The molecule has 3 aliphatic rings. The first-order valence-electron chi connectivity index (χ1n) is 6.34. The van der Waals surface area contributed by atoms with Gasteiger partial charge in [0.15, 0.2) is 0 Å². The molecule has 3 rings (SSSR count). The molecule has 0 amide bonds. The van der Waals surface area contributed by atoms with E-state index < -0.39 is 25.7 Å².